The molecule has 370 valence electrons. The van der Waals surface area contributed by atoms with Gasteiger partial charge in [-0.1, -0.05) is 177 Å². The zero-order valence-electron chi connectivity index (χ0n) is 41.7. The number of hydrogen-bond donors (Lipinski definition) is 0. The van der Waals surface area contributed by atoms with Gasteiger partial charge >= 0.3 is 11.9 Å². The van der Waals surface area contributed by atoms with E-state index in [4.69, 9.17) is 29.5 Å². The van der Waals surface area contributed by atoms with Crippen LogP contribution >= 0.6 is 0 Å². The molecule has 0 bridgehead atoms. The molecule has 0 heterocycles. The van der Waals surface area contributed by atoms with E-state index in [0.29, 0.717) is 44.0 Å². The second-order valence-electron chi connectivity index (χ2n) is 18.4. The number of nitrogens with zero attached hydrogens (tertiary/aromatic N) is 2. The van der Waals surface area contributed by atoms with Gasteiger partial charge in [-0.2, -0.15) is 10.5 Å². The summed E-state index contributed by atoms with van der Waals surface area (Å²) in [4.78, 5) is 26.3. The first-order chi connectivity index (χ1) is 34.0. The molecule has 0 saturated heterocycles. The lowest BCUT2D eigenvalue weighted by Crippen LogP contribution is -2.28. The number of allylic oxidation sites excluding steroid dienone is 1. The summed E-state index contributed by atoms with van der Waals surface area (Å²) in [6, 6.07) is 35.8. The van der Waals surface area contributed by atoms with Crippen molar-refractivity contribution in [2.45, 2.75) is 167 Å². The SMILES string of the molecule is C=CCCCCCCCCC(C(=O)OCCCCCCCCCCCOc1ccc(-c2ccc(C#N)cc2)cc1)C(=O)OCCCCCCCCCCCOc1ccc(-c2ccc(C#N)cc2)cc1. The number of esters is 2. The molecule has 0 radical (unpaired) electrons. The van der Waals surface area contributed by atoms with E-state index < -0.39 is 17.9 Å². The van der Waals surface area contributed by atoms with Crippen LogP contribution in [0.2, 0.25) is 0 Å². The Kier molecular flexibility index (Phi) is 29.2. The summed E-state index contributed by atoms with van der Waals surface area (Å²) in [6.07, 6.45) is 29.8. The van der Waals surface area contributed by atoms with Crippen LogP contribution in [0.3, 0.4) is 0 Å². The van der Waals surface area contributed by atoms with E-state index in [9.17, 15) is 9.59 Å². The normalized spacial score (nSPS) is 10.9. The molecule has 0 amide bonds. The topological polar surface area (TPSA) is 119 Å². The number of rotatable bonds is 39. The molecule has 0 aliphatic heterocycles. The minimum Gasteiger partial charge on any atom is -0.494 e. The van der Waals surface area contributed by atoms with Gasteiger partial charge in [0.25, 0.3) is 0 Å². The van der Waals surface area contributed by atoms with Gasteiger partial charge in [-0.3, -0.25) is 9.59 Å². The minimum atomic E-state index is -0.831. The zero-order chi connectivity index (χ0) is 48.8. The molecule has 4 aromatic rings. The number of unbranched alkanes of at least 4 members (excludes halogenated alkanes) is 22. The highest BCUT2D eigenvalue weighted by atomic mass is 16.6. The van der Waals surface area contributed by atoms with Gasteiger partial charge in [0.2, 0.25) is 0 Å². The fraction of sp³-hybridized carbons (Fsp3) is 0.508. The molecule has 69 heavy (non-hydrogen) atoms. The lowest BCUT2D eigenvalue weighted by atomic mass is 10.00. The Bertz CT molecular complexity index is 1930. The molecule has 0 aliphatic carbocycles. The fourth-order valence-corrected chi connectivity index (χ4v) is 8.45. The molecule has 4 aromatic carbocycles. The maximum Gasteiger partial charge on any atom is 0.320 e. The van der Waals surface area contributed by atoms with Crippen molar-refractivity contribution in [2.75, 3.05) is 26.4 Å². The van der Waals surface area contributed by atoms with Gasteiger partial charge in [-0.15, -0.1) is 6.58 Å². The number of ether oxygens (including phenoxy) is 4. The smallest absolute Gasteiger partial charge is 0.320 e. The van der Waals surface area contributed by atoms with Crippen molar-refractivity contribution in [2.24, 2.45) is 5.92 Å². The highest BCUT2D eigenvalue weighted by Gasteiger charge is 2.29. The Morgan fingerprint density at radius 2 is 0.696 bits per heavy atom. The molecule has 8 nitrogen and oxygen atoms in total. The molecule has 4 rings (SSSR count). The number of carbonyl (C=O) groups excluding carboxylic acids is 2. The van der Waals surface area contributed by atoms with Crippen LogP contribution in [0.25, 0.3) is 22.3 Å². The zero-order valence-corrected chi connectivity index (χ0v) is 41.7. The lowest BCUT2D eigenvalue weighted by molar-refractivity contribution is -0.162. The Hall–Kier alpha value is -5.86. The van der Waals surface area contributed by atoms with Crippen LogP contribution in [-0.4, -0.2) is 38.4 Å². The van der Waals surface area contributed by atoms with E-state index >= 15 is 0 Å². The van der Waals surface area contributed by atoms with Crippen LogP contribution in [0.5, 0.6) is 11.5 Å². The average molecular weight is 937 g/mol. The van der Waals surface area contributed by atoms with E-state index in [2.05, 4.69) is 43.0 Å². The molecule has 0 N–H and O–H groups in total. The van der Waals surface area contributed by atoms with Crippen LogP contribution in [0.15, 0.2) is 110 Å². The van der Waals surface area contributed by atoms with E-state index in [0.717, 1.165) is 130 Å². The quantitative estimate of drug-likeness (QED) is 0.0188. The standard InChI is InChI=1S/C61H80N2O6/c1-2-3-4-5-6-13-18-23-28-59(60(64)68-47-26-21-16-11-7-9-14-19-24-45-66-57-41-37-55(38-42-57)53-33-29-51(49-62)30-34-53)61(65)69-48-27-22-17-12-8-10-15-20-25-46-67-58-43-39-56(40-44-58)54-35-31-52(50-63)32-36-54/h2,29-44,59H,1,3-28,45-48H2. The lowest BCUT2D eigenvalue weighted by Gasteiger charge is -2.15. The second-order valence-corrected chi connectivity index (χ2v) is 18.4. The summed E-state index contributed by atoms with van der Waals surface area (Å²) in [5.41, 5.74) is 5.71. The molecule has 0 fully saturated rings. The number of carbonyl (C=O) groups is 2. The van der Waals surface area contributed by atoms with Gasteiger partial charge in [0.05, 0.1) is 49.7 Å². The monoisotopic (exact) mass is 937 g/mol. The minimum absolute atomic E-state index is 0.356. The maximum atomic E-state index is 13.2. The highest BCUT2D eigenvalue weighted by Crippen LogP contribution is 2.25. The molecule has 0 unspecified atom stereocenters. The van der Waals surface area contributed by atoms with E-state index in [1.807, 2.05) is 78.9 Å². The van der Waals surface area contributed by atoms with Gasteiger partial charge in [-0.05, 0) is 116 Å². The number of hydrogen-bond acceptors (Lipinski definition) is 8. The predicted octanol–water partition coefficient (Wildman–Crippen LogP) is 16.3. The van der Waals surface area contributed by atoms with Gasteiger partial charge in [0, 0.05) is 0 Å². The molecule has 8 heteroatoms. The Morgan fingerprint density at radius 1 is 0.406 bits per heavy atom. The third-order valence-corrected chi connectivity index (χ3v) is 12.7. The van der Waals surface area contributed by atoms with Crippen molar-refractivity contribution in [3.05, 3.63) is 121 Å². The van der Waals surface area contributed by atoms with Crippen LogP contribution in [0.4, 0.5) is 0 Å². The van der Waals surface area contributed by atoms with Crippen LogP contribution in [0.1, 0.15) is 178 Å². The number of nitriles is 2. The van der Waals surface area contributed by atoms with Crippen LogP contribution < -0.4 is 9.47 Å². The van der Waals surface area contributed by atoms with Gasteiger partial charge in [0.15, 0.2) is 5.92 Å². The molecule has 0 spiro atoms. The van der Waals surface area contributed by atoms with Crippen molar-refractivity contribution in [1.82, 2.24) is 0 Å². The van der Waals surface area contributed by atoms with Gasteiger partial charge in [0.1, 0.15) is 11.5 Å². The summed E-state index contributed by atoms with van der Waals surface area (Å²) in [6.45, 7) is 5.95. The highest BCUT2D eigenvalue weighted by molar-refractivity contribution is 5.94. The van der Waals surface area contributed by atoms with Gasteiger partial charge in [-0.25, -0.2) is 0 Å². The summed E-state index contributed by atoms with van der Waals surface area (Å²) in [5, 5.41) is 18.0. The first-order valence-electron chi connectivity index (χ1n) is 26.4. The first kappa shape index (κ1) is 55.7. The van der Waals surface area contributed by atoms with Crippen LogP contribution in [-0.2, 0) is 19.1 Å². The Morgan fingerprint density at radius 3 is 1.03 bits per heavy atom. The second kappa shape index (κ2) is 36.2. The van der Waals surface area contributed by atoms with Crippen molar-refractivity contribution in [1.29, 1.82) is 10.5 Å². The summed E-state index contributed by atoms with van der Waals surface area (Å²) >= 11 is 0. The third-order valence-electron chi connectivity index (χ3n) is 12.7. The van der Waals surface area contributed by atoms with E-state index in [-0.39, 0.29) is 0 Å². The maximum absolute atomic E-state index is 13.2. The van der Waals surface area contributed by atoms with Crippen molar-refractivity contribution < 1.29 is 28.5 Å². The van der Waals surface area contributed by atoms with Gasteiger partial charge < -0.3 is 18.9 Å². The molecule has 0 saturated carbocycles. The largest absolute Gasteiger partial charge is 0.494 e. The molecule has 0 atom stereocenters. The third kappa shape index (κ3) is 24.3. The first-order valence-corrected chi connectivity index (χ1v) is 26.4. The predicted molar refractivity (Wildman–Crippen MR) is 280 cm³/mol. The Balaban J connectivity index is 0.974. The molecule has 0 aliphatic rings. The summed E-state index contributed by atoms with van der Waals surface area (Å²) in [5.74, 6) is 0.0911. The fourth-order valence-electron chi connectivity index (χ4n) is 8.45. The Labute approximate surface area is 415 Å². The van der Waals surface area contributed by atoms with Crippen LogP contribution in [0, 0.1) is 28.6 Å². The molecule has 0 aromatic heterocycles. The molecular formula is C61H80N2O6. The summed E-state index contributed by atoms with van der Waals surface area (Å²) in [7, 11) is 0. The average Bonchev–Trinajstić information content (AvgIpc) is 3.38. The van der Waals surface area contributed by atoms with Crippen molar-refractivity contribution in [3.8, 4) is 45.9 Å². The number of benzene rings is 4. The van der Waals surface area contributed by atoms with Crippen molar-refractivity contribution in [3.63, 3.8) is 0 Å². The van der Waals surface area contributed by atoms with E-state index in [1.54, 1.807) is 0 Å². The molecular weight excluding hydrogens is 857 g/mol. The van der Waals surface area contributed by atoms with E-state index in [1.165, 1.54) is 64.2 Å². The van der Waals surface area contributed by atoms with Crippen molar-refractivity contribution >= 4 is 11.9 Å². The summed E-state index contributed by atoms with van der Waals surface area (Å²) < 4.78 is 23.3.